The molecule has 0 aliphatic rings. The molecule has 0 fully saturated rings. The molecule has 2 aromatic rings. The van der Waals surface area contributed by atoms with Crippen LogP contribution in [0.2, 0.25) is 0 Å². The molecule has 2 nitrogen and oxygen atoms in total. The third kappa shape index (κ3) is 2.99. The molecule has 1 N–H and O–H groups in total. The fraction of sp³-hybridized carbons (Fsp3) is 0.167. The Balaban J connectivity index is 2.02. The van der Waals surface area contributed by atoms with Crippen LogP contribution in [0.25, 0.3) is 0 Å². The van der Waals surface area contributed by atoms with Crippen molar-refractivity contribution in [3.05, 3.63) is 58.6 Å². The summed E-state index contributed by atoms with van der Waals surface area (Å²) in [7, 11) is 0. The van der Waals surface area contributed by atoms with Gasteiger partial charge in [0.05, 0.1) is 0 Å². The Bertz CT molecular complexity index is 476. The van der Waals surface area contributed by atoms with Crippen LogP contribution in [0.15, 0.2) is 42.6 Å². The highest BCUT2D eigenvalue weighted by atomic mass is 32.1. The topological polar surface area (TPSA) is 28.7 Å². The second-order valence-corrected chi connectivity index (χ2v) is 3.81. The monoisotopic (exact) mass is 216 g/mol. The first-order chi connectivity index (χ1) is 7.34. The Hall–Kier alpha value is -1.48. The third-order valence-electron chi connectivity index (χ3n) is 2.22. The summed E-state index contributed by atoms with van der Waals surface area (Å²) in [6, 6.07) is 12.2. The summed E-state index contributed by atoms with van der Waals surface area (Å²) < 4.78 is 0.744. The fourth-order valence-corrected chi connectivity index (χ4v) is 1.62. The van der Waals surface area contributed by atoms with Crippen molar-refractivity contribution in [1.29, 1.82) is 0 Å². The van der Waals surface area contributed by atoms with E-state index in [9.17, 15) is 0 Å². The molecular weight excluding hydrogens is 204 g/mol. The number of benzene rings is 1. The highest BCUT2D eigenvalue weighted by molar-refractivity contribution is 7.71. The second-order valence-electron chi connectivity index (χ2n) is 3.37. The van der Waals surface area contributed by atoms with Crippen LogP contribution in [-0.2, 0) is 12.8 Å². The molecule has 0 bridgehead atoms. The molecule has 3 heteroatoms. The number of aryl methyl sites for hydroxylation is 2. The van der Waals surface area contributed by atoms with Gasteiger partial charge in [-0.2, -0.15) is 0 Å². The Morgan fingerprint density at radius 3 is 2.60 bits per heavy atom. The number of hydrogen-bond donors (Lipinski definition) is 1. The first-order valence-electron chi connectivity index (χ1n) is 4.93. The molecular formula is C12H12N2S. The van der Waals surface area contributed by atoms with Gasteiger partial charge in [0, 0.05) is 12.6 Å². The van der Waals surface area contributed by atoms with E-state index in [2.05, 4.69) is 34.2 Å². The van der Waals surface area contributed by atoms with Crippen molar-refractivity contribution in [2.24, 2.45) is 0 Å². The summed E-state index contributed by atoms with van der Waals surface area (Å²) >= 11 is 5.03. The first-order valence-corrected chi connectivity index (χ1v) is 5.33. The van der Waals surface area contributed by atoms with E-state index < -0.39 is 0 Å². The Morgan fingerprint density at radius 1 is 1.07 bits per heavy atom. The summed E-state index contributed by atoms with van der Waals surface area (Å²) in [4.78, 5) is 7.31. The van der Waals surface area contributed by atoms with Crippen LogP contribution in [0.4, 0.5) is 0 Å². The third-order valence-corrected chi connectivity index (χ3v) is 2.46. The molecule has 1 heterocycles. The van der Waals surface area contributed by atoms with Gasteiger partial charge in [0.1, 0.15) is 10.5 Å². The van der Waals surface area contributed by atoms with Gasteiger partial charge in [-0.1, -0.05) is 42.5 Å². The number of nitrogens with one attached hydrogen (secondary N) is 1. The SMILES string of the molecule is S=c1ccnc(CCc2ccccc2)[nH]1. The number of aromatic amines is 1. The molecule has 1 aromatic carbocycles. The average molecular weight is 216 g/mol. The Labute approximate surface area is 94.0 Å². The minimum atomic E-state index is 0.744. The lowest BCUT2D eigenvalue weighted by atomic mass is 10.1. The predicted molar refractivity (Wildman–Crippen MR) is 63.3 cm³/mol. The van der Waals surface area contributed by atoms with E-state index in [1.807, 2.05) is 6.07 Å². The molecule has 15 heavy (non-hydrogen) atoms. The zero-order valence-corrected chi connectivity index (χ0v) is 9.13. The van der Waals surface area contributed by atoms with Crippen LogP contribution in [0, 0.1) is 4.64 Å². The maximum Gasteiger partial charge on any atom is 0.107 e. The molecule has 0 aliphatic carbocycles. The highest BCUT2D eigenvalue weighted by Crippen LogP contribution is 2.03. The molecule has 0 atom stereocenters. The van der Waals surface area contributed by atoms with Crippen molar-refractivity contribution in [2.75, 3.05) is 0 Å². The molecule has 76 valence electrons. The van der Waals surface area contributed by atoms with Crippen molar-refractivity contribution in [3.63, 3.8) is 0 Å². The molecule has 1 aromatic heterocycles. The summed E-state index contributed by atoms with van der Waals surface area (Å²) in [5, 5.41) is 0. The van der Waals surface area contributed by atoms with Crippen molar-refractivity contribution in [2.45, 2.75) is 12.8 Å². The maximum atomic E-state index is 5.03. The summed E-state index contributed by atoms with van der Waals surface area (Å²) in [5.41, 5.74) is 1.32. The first kappa shape index (κ1) is 10.1. The van der Waals surface area contributed by atoms with Crippen LogP contribution >= 0.6 is 12.2 Å². The van der Waals surface area contributed by atoms with Gasteiger partial charge in [-0.25, -0.2) is 4.98 Å². The standard InChI is InChI=1S/C12H12N2S/c15-12-8-9-13-11(14-12)7-6-10-4-2-1-3-5-10/h1-5,8-9H,6-7H2,(H,13,14,15). The number of rotatable bonds is 3. The largest absolute Gasteiger partial charge is 0.335 e. The lowest BCUT2D eigenvalue weighted by Gasteiger charge is -2.00. The molecule has 0 aliphatic heterocycles. The van der Waals surface area contributed by atoms with Gasteiger partial charge in [0.25, 0.3) is 0 Å². The number of aromatic nitrogens is 2. The van der Waals surface area contributed by atoms with E-state index in [0.29, 0.717) is 0 Å². The van der Waals surface area contributed by atoms with E-state index >= 15 is 0 Å². The minimum absolute atomic E-state index is 0.744. The van der Waals surface area contributed by atoms with Crippen LogP contribution in [0.1, 0.15) is 11.4 Å². The lowest BCUT2D eigenvalue weighted by molar-refractivity contribution is 0.854. The molecule has 0 radical (unpaired) electrons. The number of H-pyrrole nitrogens is 1. The van der Waals surface area contributed by atoms with E-state index in [1.54, 1.807) is 12.3 Å². The van der Waals surface area contributed by atoms with Crippen LogP contribution in [0.5, 0.6) is 0 Å². The van der Waals surface area contributed by atoms with Crippen LogP contribution < -0.4 is 0 Å². The van der Waals surface area contributed by atoms with Crippen molar-refractivity contribution in [1.82, 2.24) is 9.97 Å². The molecule has 0 saturated heterocycles. The Morgan fingerprint density at radius 2 is 1.87 bits per heavy atom. The zero-order valence-electron chi connectivity index (χ0n) is 8.31. The predicted octanol–water partition coefficient (Wildman–Crippen LogP) is 2.92. The Kier molecular flexibility index (Phi) is 3.25. The smallest absolute Gasteiger partial charge is 0.107 e. The summed E-state index contributed by atoms with van der Waals surface area (Å²) in [5.74, 6) is 0.950. The van der Waals surface area contributed by atoms with E-state index in [-0.39, 0.29) is 0 Å². The molecule has 0 amide bonds. The van der Waals surface area contributed by atoms with E-state index in [4.69, 9.17) is 12.2 Å². The van der Waals surface area contributed by atoms with Gasteiger partial charge in [0.2, 0.25) is 0 Å². The van der Waals surface area contributed by atoms with Crippen molar-refractivity contribution < 1.29 is 0 Å². The highest BCUT2D eigenvalue weighted by Gasteiger charge is 1.95. The van der Waals surface area contributed by atoms with Gasteiger partial charge >= 0.3 is 0 Å². The quantitative estimate of drug-likeness (QED) is 0.799. The second kappa shape index (κ2) is 4.84. The average Bonchev–Trinajstić information content (AvgIpc) is 2.28. The van der Waals surface area contributed by atoms with Crippen molar-refractivity contribution in [3.8, 4) is 0 Å². The minimum Gasteiger partial charge on any atom is -0.335 e. The fourth-order valence-electron chi connectivity index (χ4n) is 1.45. The molecule has 0 spiro atoms. The number of hydrogen-bond acceptors (Lipinski definition) is 2. The van der Waals surface area contributed by atoms with E-state index in [1.165, 1.54) is 5.56 Å². The van der Waals surface area contributed by atoms with Crippen LogP contribution in [-0.4, -0.2) is 9.97 Å². The normalized spacial score (nSPS) is 10.1. The van der Waals surface area contributed by atoms with E-state index in [0.717, 1.165) is 23.3 Å². The molecule has 0 unspecified atom stereocenters. The lowest BCUT2D eigenvalue weighted by Crippen LogP contribution is -1.97. The summed E-state index contributed by atoms with van der Waals surface area (Å²) in [6.07, 6.45) is 3.64. The van der Waals surface area contributed by atoms with Gasteiger partial charge in [-0.15, -0.1) is 0 Å². The molecule has 2 rings (SSSR count). The zero-order chi connectivity index (χ0) is 10.5. The van der Waals surface area contributed by atoms with Gasteiger partial charge < -0.3 is 4.98 Å². The van der Waals surface area contributed by atoms with Crippen LogP contribution in [0.3, 0.4) is 0 Å². The van der Waals surface area contributed by atoms with Gasteiger partial charge in [-0.05, 0) is 18.1 Å². The van der Waals surface area contributed by atoms with Crippen molar-refractivity contribution >= 4 is 12.2 Å². The number of nitrogens with zero attached hydrogens (tertiary/aromatic N) is 1. The molecule has 0 saturated carbocycles. The maximum absolute atomic E-state index is 5.03. The van der Waals surface area contributed by atoms with Gasteiger partial charge in [-0.3, -0.25) is 0 Å². The van der Waals surface area contributed by atoms with Gasteiger partial charge in [0.15, 0.2) is 0 Å². The summed E-state index contributed by atoms with van der Waals surface area (Å²) in [6.45, 7) is 0.